The zero-order valence-corrected chi connectivity index (χ0v) is 11.6. The fourth-order valence-electron chi connectivity index (χ4n) is 2.34. The maximum Gasteiger partial charge on any atom is 0.273 e. The van der Waals surface area contributed by atoms with Gasteiger partial charge in [0.1, 0.15) is 4.90 Å². The predicted molar refractivity (Wildman–Crippen MR) is 74.9 cm³/mol. The van der Waals surface area contributed by atoms with Gasteiger partial charge in [0.05, 0.1) is 16.3 Å². The van der Waals surface area contributed by atoms with Gasteiger partial charge in [-0.1, -0.05) is 0 Å². The zero-order valence-electron chi connectivity index (χ0n) is 10.8. The van der Waals surface area contributed by atoms with E-state index in [4.69, 9.17) is 10.9 Å². The lowest BCUT2D eigenvalue weighted by Crippen LogP contribution is -2.30. The summed E-state index contributed by atoms with van der Waals surface area (Å²) in [5.41, 5.74) is 5.85. The third-order valence-electron chi connectivity index (χ3n) is 3.32. The third-order valence-corrected chi connectivity index (χ3v) is 4.27. The first kappa shape index (κ1) is 14.5. The molecule has 8 nitrogen and oxygen atoms in total. The molecule has 1 aromatic rings. The fourth-order valence-corrected chi connectivity index (χ4v) is 3.03. The van der Waals surface area contributed by atoms with Crippen LogP contribution in [0.15, 0.2) is 17.0 Å². The molecule has 4 N–H and O–H groups in total. The van der Waals surface area contributed by atoms with Gasteiger partial charge in [-0.05, 0) is 19.3 Å². The van der Waals surface area contributed by atoms with Crippen LogP contribution in [-0.2, 0) is 10.0 Å². The van der Waals surface area contributed by atoms with Gasteiger partial charge in [0.25, 0.3) is 5.69 Å². The van der Waals surface area contributed by atoms with E-state index in [1.807, 2.05) is 4.90 Å². The van der Waals surface area contributed by atoms with Crippen molar-refractivity contribution in [3.63, 3.8) is 0 Å². The van der Waals surface area contributed by atoms with Crippen LogP contribution in [-0.4, -0.2) is 26.4 Å². The molecule has 1 aromatic carbocycles. The van der Waals surface area contributed by atoms with E-state index in [-0.39, 0.29) is 11.4 Å². The van der Waals surface area contributed by atoms with Crippen LogP contribution >= 0.6 is 0 Å². The summed E-state index contributed by atoms with van der Waals surface area (Å²) in [5, 5.41) is 16.0. The number of benzene rings is 1. The Balaban J connectivity index is 2.60. The van der Waals surface area contributed by atoms with Crippen LogP contribution in [0, 0.1) is 10.1 Å². The average molecular weight is 300 g/mol. The van der Waals surface area contributed by atoms with Crippen LogP contribution in [0.25, 0.3) is 0 Å². The van der Waals surface area contributed by atoms with Gasteiger partial charge in [0.15, 0.2) is 0 Å². The van der Waals surface area contributed by atoms with Crippen LogP contribution in [0.5, 0.6) is 0 Å². The molecule has 0 saturated carbocycles. The van der Waals surface area contributed by atoms with Crippen molar-refractivity contribution in [3.05, 3.63) is 22.2 Å². The number of nitrogen functional groups attached to an aromatic ring is 1. The second-order valence-electron chi connectivity index (χ2n) is 4.73. The number of nitro groups is 1. The fraction of sp³-hybridized carbons (Fsp3) is 0.455. The number of primary sulfonamides is 1. The molecule has 1 heterocycles. The minimum absolute atomic E-state index is 0.0278. The van der Waals surface area contributed by atoms with Gasteiger partial charge in [-0.2, -0.15) is 0 Å². The van der Waals surface area contributed by atoms with Gasteiger partial charge >= 0.3 is 0 Å². The van der Waals surface area contributed by atoms with Gasteiger partial charge < -0.3 is 10.6 Å². The lowest BCUT2D eigenvalue weighted by molar-refractivity contribution is -0.385. The number of hydrogen-bond donors (Lipinski definition) is 2. The summed E-state index contributed by atoms with van der Waals surface area (Å²) >= 11 is 0. The molecule has 1 aliphatic heterocycles. The highest BCUT2D eigenvalue weighted by molar-refractivity contribution is 7.89. The summed E-state index contributed by atoms with van der Waals surface area (Å²) in [6.07, 6.45) is 2.95. The summed E-state index contributed by atoms with van der Waals surface area (Å²) in [6.45, 7) is 1.38. The van der Waals surface area contributed by atoms with Crippen LogP contribution in [0.3, 0.4) is 0 Å². The van der Waals surface area contributed by atoms with Crippen LogP contribution < -0.4 is 15.8 Å². The Morgan fingerprint density at radius 3 is 2.30 bits per heavy atom. The van der Waals surface area contributed by atoms with Crippen molar-refractivity contribution in [2.24, 2.45) is 5.14 Å². The Morgan fingerprint density at radius 2 is 1.80 bits per heavy atom. The molecular formula is C11H16N4O4S. The lowest BCUT2D eigenvalue weighted by Gasteiger charge is -2.30. The number of hydrogen-bond acceptors (Lipinski definition) is 6. The number of rotatable bonds is 3. The number of nitrogens with zero attached hydrogens (tertiary/aromatic N) is 2. The van der Waals surface area contributed by atoms with E-state index < -0.39 is 19.8 Å². The molecule has 20 heavy (non-hydrogen) atoms. The molecule has 110 valence electrons. The molecule has 0 unspecified atom stereocenters. The SMILES string of the molecule is Nc1c(N2CCCCC2)cc([N+](=O)[O-])cc1S(N)(=O)=O. The molecule has 0 spiro atoms. The smallest absolute Gasteiger partial charge is 0.273 e. The molecule has 0 radical (unpaired) electrons. The number of nitrogens with two attached hydrogens (primary N) is 2. The minimum Gasteiger partial charge on any atom is -0.396 e. The van der Waals surface area contributed by atoms with Crippen molar-refractivity contribution >= 4 is 27.1 Å². The zero-order chi connectivity index (χ0) is 14.9. The number of anilines is 2. The van der Waals surface area contributed by atoms with Crippen molar-refractivity contribution in [2.45, 2.75) is 24.2 Å². The van der Waals surface area contributed by atoms with Crippen molar-refractivity contribution in [3.8, 4) is 0 Å². The third kappa shape index (κ3) is 2.83. The van der Waals surface area contributed by atoms with E-state index in [2.05, 4.69) is 0 Å². The molecule has 0 bridgehead atoms. The summed E-state index contributed by atoms with van der Waals surface area (Å²) in [5.74, 6) is 0. The molecule has 1 saturated heterocycles. The van der Waals surface area contributed by atoms with E-state index >= 15 is 0 Å². The molecule has 0 amide bonds. The number of sulfonamides is 1. The van der Waals surface area contributed by atoms with Crippen LogP contribution in [0.4, 0.5) is 17.1 Å². The number of nitro benzene ring substituents is 1. The molecular weight excluding hydrogens is 284 g/mol. The Kier molecular flexibility index (Phi) is 3.82. The van der Waals surface area contributed by atoms with E-state index in [1.165, 1.54) is 6.07 Å². The number of piperidine rings is 1. The Bertz CT molecular complexity index is 638. The van der Waals surface area contributed by atoms with Gasteiger partial charge in [-0.3, -0.25) is 10.1 Å². The highest BCUT2D eigenvalue weighted by Gasteiger charge is 2.24. The van der Waals surface area contributed by atoms with E-state index in [1.54, 1.807) is 0 Å². The van der Waals surface area contributed by atoms with Gasteiger partial charge in [0.2, 0.25) is 10.0 Å². The molecule has 0 atom stereocenters. The Morgan fingerprint density at radius 1 is 1.20 bits per heavy atom. The quantitative estimate of drug-likeness (QED) is 0.482. The van der Waals surface area contributed by atoms with E-state index in [0.29, 0.717) is 18.8 Å². The monoisotopic (exact) mass is 300 g/mol. The minimum atomic E-state index is -4.11. The first-order valence-corrected chi connectivity index (χ1v) is 7.71. The average Bonchev–Trinajstić information content (AvgIpc) is 2.38. The molecule has 1 aliphatic rings. The van der Waals surface area contributed by atoms with Crippen LogP contribution in [0.2, 0.25) is 0 Å². The Hall–Kier alpha value is -1.87. The van der Waals surface area contributed by atoms with Gasteiger partial charge in [-0.25, -0.2) is 13.6 Å². The van der Waals surface area contributed by atoms with Crippen molar-refractivity contribution in [1.82, 2.24) is 0 Å². The topological polar surface area (TPSA) is 133 Å². The molecule has 0 aromatic heterocycles. The van der Waals surface area contributed by atoms with Crippen molar-refractivity contribution < 1.29 is 13.3 Å². The van der Waals surface area contributed by atoms with Crippen molar-refractivity contribution in [1.29, 1.82) is 0 Å². The molecule has 2 rings (SSSR count). The largest absolute Gasteiger partial charge is 0.396 e. The predicted octanol–water partition coefficient (Wildman–Crippen LogP) is 0.815. The highest BCUT2D eigenvalue weighted by Crippen LogP contribution is 2.35. The summed E-state index contributed by atoms with van der Waals surface area (Å²) in [7, 11) is -4.11. The van der Waals surface area contributed by atoms with Crippen LogP contribution in [0.1, 0.15) is 19.3 Å². The molecule has 0 aliphatic carbocycles. The second kappa shape index (κ2) is 5.25. The Labute approximate surface area is 116 Å². The highest BCUT2D eigenvalue weighted by atomic mass is 32.2. The standard InChI is InChI=1S/C11H16N4O4S/c12-11-9(14-4-2-1-3-5-14)6-8(15(16)17)7-10(11)20(13,18)19/h6-7H,1-5,12H2,(H2,13,18,19). The summed E-state index contributed by atoms with van der Waals surface area (Å²) in [4.78, 5) is 11.8. The molecule has 1 fully saturated rings. The van der Waals surface area contributed by atoms with Crippen molar-refractivity contribution in [2.75, 3.05) is 23.7 Å². The van der Waals surface area contributed by atoms with Gasteiger partial charge in [0, 0.05) is 25.2 Å². The lowest BCUT2D eigenvalue weighted by atomic mass is 10.1. The summed E-state index contributed by atoms with van der Waals surface area (Å²) < 4.78 is 23.0. The maximum atomic E-state index is 11.5. The van der Waals surface area contributed by atoms with Gasteiger partial charge in [-0.15, -0.1) is 0 Å². The maximum absolute atomic E-state index is 11.5. The van der Waals surface area contributed by atoms with E-state index in [9.17, 15) is 18.5 Å². The second-order valence-corrected chi connectivity index (χ2v) is 6.26. The first-order valence-electron chi connectivity index (χ1n) is 6.16. The van der Waals surface area contributed by atoms with E-state index in [0.717, 1.165) is 25.3 Å². The first-order chi connectivity index (χ1) is 9.30. The molecule has 9 heteroatoms. The summed E-state index contributed by atoms with van der Waals surface area (Å²) in [6, 6.07) is 2.20. The number of non-ortho nitro benzene ring substituents is 1. The normalized spacial score (nSPS) is 16.1.